The largest absolute Gasteiger partial charge is 0.372 e. The van der Waals surface area contributed by atoms with Crippen LogP contribution >= 0.6 is 0 Å². The molecule has 0 saturated heterocycles. The Morgan fingerprint density at radius 2 is 2.35 bits per heavy atom. The quantitative estimate of drug-likeness (QED) is 0.783. The highest BCUT2D eigenvalue weighted by molar-refractivity contribution is 5.92. The van der Waals surface area contributed by atoms with Gasteiger partial charge in [0.25, 0.3) is 5.91 Å². The van der Waals surface area contributed by atoms with Crippen LogP contribution in [0.4, 0.5) is 5.82 Å². The predicted molar refractivity (Wildman–Crippen MR) is 65.9 cm³/mol. The number of carbonyl (C=O) groups is 1. The summed E-state index contributed by atoms with van der Waals surface area (Å²) in [4.78, 5) is 13.6. The Balaban J connectivity index is 2.48. The van der Waals surface area contributed by atoms with Gasteiger partial charge in [-0.25, -0.2) is 0 Å². The van der Waals surface area contributed by atoms with Crippen molar-refractivity contribution < 1.29 is 9.53 Å². The van der Waals surface area contributed by atoms with E-state index in [9.17, 15) is 4.79 Å². The van der Waals surface area contributed by atoms with Crippen molar-refractivity contribution in [3.8, 4) is 0 Å². The van der Waals surface area contributed by atoms with Gasteiger partial charge < -0.3 is 15.0 Å². The summed E-state index contributed by atoms with van der Waals surface area (Å²) in [7, 11) is 5.51. The van der Waals surface area contributed by atoms with Gasteiger partial charge in [0.15, 0.2) is 5.82 Å². The molecule has 1 aromatic heterocycles. The maximum Gasteiger partial charge on any atom is 0.254 e. The molecule has 1 amide bonds. The topological polar surface area (TPSA) is 59.4 Å². The second-order valence-electron chi connectivity index (χ2n) is 4.13. The van der Waals surface area contributed by atoms with E-state index < -0.39 is 6.10 Å². The number of methoxy groups -OCH3 is 1. The fraction of sp³-hybridized carbons (Fsp3) is 0.636. The molecule has 1 N–H and O–H groups in total. The van der Waals surface area contributed by atoms with Crippen LogP contribution < -0.4 is 5.32 Å². The van der Waals surface area contributed by atoms with E-state index in [1.54, 1.807) is 17.7 Å². The molecule has 1 rings (SSSR count). The van der Waals surface area contributed by atoms with Gasteiger partial charge in [-0.15, -0.1) is 0 Å². The molecular weight excluding hydrogens is 220 g/mol. The van der Waals surface area contributed by atoms with Gasteiger partial charge in [-0.2, -0.15) is 5.10 Å². The Bertz CT molecular complexity index is 362. The van der Waals surface area contributed by atoms with E-state index >= 15 is 0 Å². The van der Waals surface area contributed by atoms with Gasteiger partial charge in [0.1, 0.15) is 6.10 Å². The normalized spacial score (nSPS) is 12.8. The van der Waals surface area contributed by atoms with Crippen LogP contribution in [0.3, 0.4) is 0 Å². The zero-order valence-electron chi connectivity index (χ0n) is 10.8. The minimum absolute atomic E-state index is 0.189. The molecule has 0 aliphatic rings. The van der Waals surface area contributed by atoms with E-state index in [0.29, 0.717) is 5.82 Å². The lowest BCUT2D eigenvalue weighted by molar-refractivity contribution is -0.124. The molecule has 6 nitrogen and oxygen atoms in total. The number of aromatic nitrogens is 2. The van der Waals surface area contributed by atoms with Crippen molar-refractivity contribution in [2.45, 2.75) is 19.6 Å². The summed E-state index contributed by atoms with van der Waals surface area (Å²) in [6, 6.07) is 1.77. The van der Waals surface area contributed by atoms with Gasteiger partial charge in [-0.05, 0) is 21.0 Å². The minimum Gasteiger partial charge on any atom is -0.372 e. The summed E-state index contributed by atoms with van der Waals surface area (Å²) in [6.45, 7) is 3.39. The summed E-state index contributed by atoms with van der Waals surface area (Å²) in [5, 5.41) is 6.93. The number of nitrogens with zero attached hydrogens (tertiary/aromatic N) is 3. The lowest BCUT2D eigenvalue weighted by atomic mass is 10.4. The van der Waals surface area contributed by atoms with E-state index in [1.165, 1.54) is 7.11 Å². The number of anilines is 1. The second kappa shape index (κ2) is 6.36. The fourth-order valence-corrected chi connectivity index (χ4v) is 1.19. The smallest absolute Gasteiger partial charge is 0.254 e. The monoisotopic (exact) mass is 240 g/mol. The number of rotatable bonds is 6. The lowest BCUT2D eigenvalue weighted by Gasteiger charge is -2.09. The van der Waals surface area contributed by atoms with Gasteiger partial charge in [0.05, 0.1) is 6.54 Å². The molecule has 6 heteroatoms. The van der Waals surface area contributed by atoms with Crippen molar-refractivity contribution in [1.82, 2.24) is 14.7 Å². The van der Waals surface area contributed by atoms with Crippen molar-refractivity contribution in [2.75, 3.05) is 33.1 Å². The first-order valence-corrected chi connectivity index (χ1v) is 5.54. The van der Waals surface area contributed by atoms with Crippen molar-refractivity contribution >= 4 is 11.7 Å². The summed E-state index contributed by atoms with van der Waals surface area (Å²) in [5.74, 6) is 0.364. The average Bonchev–Trinajstić information content (AvgIpc) is 2.73. The first kappa shape index (κ1) is 13.7. The number of hydrogen-bond acceptors (Lipinski definition) is 4. The number of hydrogen-bond donors (Lipinski definition) is 1. The summed E-state index contributed by atoms with van der Waals surface area (Å²) < 4.78 is 6.72. The van der Waals surface area contributed by atoms with Crippen LogP contribution in [0.15, 0.2) is 12.3 Å². The van der Waals surface area contributed by atoms with Gasteiger partial charge in [0, 0.05) is 25.9 Å². The summed E-state index contributed by atoms with van der Waals surface area (Å²) >= 11 is 0. The highest BCUT2D eigenvalue weighted by Crippen LogP contribution is 2.04. The van der Waals surface area contributed by atoms with Gasteiger partial charge in [0.2, 0.25) is 0 Å². The predicted octanol–water partition coefficient (Wildman–Crippen LogP) is 0.418. The molecule has 0 spiro atoms. The Morgan fingerprint density at radius 3 is 2.94 bits per heavy atom. The SMILES string of the molecule is COC(C)C(=O)Nc1ccn(CCN(C)C)n1. The number of carbonyl (C=O) groups excluding carboxylic acids is 1. The van der Waals surface area contributed by atoms with Crippen LogP contribution in [-0.2, 0) is 16.1 Å². The zero-order valence-corrected chi connectivity index (χ0v) is 10.8. The Hall–Kier alpha value is -1.40. The minimum atomic E-state index is -0.470. The maximum atomic E-state index is 11.5. The van der Waals surface area contributed by atoms with Crippen molar-refractivity contribution in [3.05, 3.63) is 12.3 Å². The summed E-state index contributed by atoms with van der Waals surface area (Å²) in [6.07, 6.45) is 1.37. The van der Waals surface area contributed by atoms with E-state index in [0.717, 1.165) is 13.1 Å². The molecule has 0 saturated carbocycles. The zero-order chi connectivity index (χ0) is 12.8. The molecule has 96 valence electrons. The molecule has 1 heterocycles. The average molecular weight is 240 g/mol. The number of nitrogens with one attached hydrogen (secondary N) is 1. The van der Waals surface area contributed by atoms with Crippen LogP contribution in [0, 0.1) is 0 Å². The van der Waals surface area contributed by atoms with Crippen molar-refractivity contribution in [1.29, 1.82) is 0 Å². The Kier molecular flexibility index (Phi) is 5.11. The third-order valence-corrected chi connectivity index (χ3v) is 2.39. The number of ether oxygens (including phenoxy) is 1. The molecule has 0 bridgehead atoms. The molecule has 0 aliphatic heterocycles. The molecule has 0 aromatic carbocycles. The molecular formula is C11H20N4O2. The van der Waals surface area contributed by atoms with E-state index in [-0.39, 0.29) is 5.91 Å². The van der Waals surface area contributed by atoms with E-state index in [1.807, 2.05) is 20.3 Å². The van der Waals surface area contributed by atoms with Crippen LogP contribution in [0.2, 0.25) is 0 Å². The standard InChI is InChI=1S/C11H20N4O2/c1-9(17-4)11(16)12-10-5-6-15(13-10)8-7-14(2)3/h5-6,9H,7-8H2,1-4H3,(H,12,13,16). The molecule has 0 radical (unpaired) electrons. The molecule has 1 atom stereocenters. The first-order valence-electron chi connectivity index (χ1n) is 5.54. The highest BCUT2D eigenvalue weighted by atomic mass is 16.5. The number of likely N-dealkylation sites (N-methyl/N-ethyl adjacent to an activating group) is 1. The second-order valence-corrected chi connectivity index (χ2v) is 4.13. The first-order chi connectivity index (χ1) is 8.02. The van der Waals surface area contributed by atoms with Gasteiger partial charge in [-0.3, -0.25) is 9.48 Å². The van der Waals surface area contributed by atoms with Crippen LogP contribution in [0.1, 0.15) is 6.92 Å². The Labute approximate surface area is 102 Å². The molecule has 0 fully saturated rings. The number of amides is 1. The fourth-order valence-electron chi connectivity index (χ4n) is 1.19. The van der Waals surface area contributed by atoms with Crippen LogP contribution in [-0.4, -0.2) is 54.4 Å². The third kappa shape index (κ3) is 4.54. The van der Waals surface area contributed by atoms with Gasteiger partial charge >= 0.3 is 0 Å². The molecule has 17 heavy (non-hydrogen) atoms. The molecule has 1 aromatic rings. The Morgan fingerprint density at radius 1 is 1.65 bits per heavy atom. The van der Waals surface area contributed by atoms with E-state index in [2.05, 4.69) is 15.3 Å². The third-order valence-electron chi connectivity index (χ3n) is 2.39. The molecule has 1 unspecified atom stereocenters. The highest BCUT2D eigenvalue weighted by Gasteiger charge is 2.12. The van der Waals surface area contributed by atoms with Crippen LogP contribution in [0.25, 0.3) is 0 Å². The van der Waals surface area contributed by atoms with Crippen molar-refractivity contribution in [3.63, 3.8) is 0 Å². The van der Waals surface area contributed by atoms with Gasteiger partial charge in [-0.1, -0.05) is 0 Å². The molecule has 0 aliphatic carbocycles. The summed E-state index contributed by atoms with van der Waals surface area (Å²) in [5.41, 5.74) is 0. The van der Waals surface area contributed by atoms with Crippen molar-refractivity contribution in [2.24, 2.45) is 0 Å². The van der Waals surface area contributed by atoms with E-state index in [4.69, 9.17) is 4.74 Å². The maximum absolute atomic E-state index is 11.5. The lowest BCUT2D eigenvalue weighted by Crippen LogP contribution is -2.26. The van der Waals surface area contributed by atoms with Crippen LogP contribution in [0.5, 0.6) is 0 Å².